The Labute approximate surface area is 166 Å². The van der Waals surface area contributed by atoms with E-state index in [-0.39, 0.29) is 11.9 Å². The third kappa shape index (κ3) is 3.12. The lowest BCUT2D eigenvalue weighted by Gasteiger charge is -2.33. The molecule has 0 radical (unpaired) electrons. The van der Waals surface area contributed by atoms with E-state index in [9.17, 15) is 4.79 Å². The number of amides is 1. The molecule has 1 amide bonds. The van der Waals surface area contributed by atoms with Gasteiger partial charge in [-0.1, -0.05) is 0 Å². The molecule has 0 bridgehead atoms. The van der Waals surface area contributed by atoms with Crippen molar-refractivity contribution in [1.82, 2.24) is 15.3 Å². The highest BCUT2D eigenvalue weighted by molar-refractivity contribution is 7.19. The Hall–Kier alpha value is -1.99. The van der Waals surface area contributed by atoms with Gasteiger partial charge in [-0.3, -0.25) is 4.79 Å². The summed E-state index contributed by atoms with van der Waals surface area (Å²) in [5, 5.41) is 4.49. The van der Waals surface area contributed by atoms with Gasteiger partial charge in [0.05, 0.1) is 10.3 Å². The van der Waals surface area contributed by atoms with Crippen LogP contribution in [-0.4, -0.2) is 35.0 Å². The Morgan fingerprint density at radius 1 is 1.19 bits per heavy atom. The zero-order chi connectivity index (χ0) is 18.4. The van der Waals surface area contributed by atoms with Crippen molar-refractivity contribution in [3.8, 4) is 0 Å². The highest BCUT2D eigenvalue weighted by Gasteiger charge is 2.27. The van der Waals surface area contributed by atoms with Crippen LogP contribution in [0.15, 0.2) is 18.5 Å². The molecule has 0 atom stereocenters. The van der Waals surface area contributed by atoms with Gasteiger partial charge in [-0.15, -0.1) is 22.7 Å². The summed E-state index contributed by atoms with van der Waals surface area (Å²) in [7, 11) is 0. The zero-order valence-electron chi connectivity index (χ0n) is 15.3. The van der Waals surface area contributed by atoms with Gasteiger partial charge in [0.1, 0.15) is 17.0 Å². The number of carbonyl (C=O) groups is 1. The molecule has 5 rings (SSSR count). The van der Waals surface area contributed by atoms with E-state index in [0.717, 1.165) is 47.9 Å². The molecule has 1 aliphatic heterocycles. The summed E-state index contributed by atoms with van der Waals surface area (Å²) in [6, 6.07) is 4.16. The van der Waals surface area contributed by atoms with Crippen LogP contribution in [-0.2, 0) is 12.8 Å². The number of hydrogen-bond donors (Lipinski definition) is 1. The Morgan fingerprint density at radius 3 is 2.81 bits per heavy atom. The van der Waals surface area contributed by atoms with Gasteiger partial charge in [-0.05, 0) is 56.7 Å². The van der Waals surface area contributed by atoms with E-state index in [2.05, 4.69) is 20.2 Å². The standard InChI is InChI=1S/C20H22N4OS2/c1-12-5-6-16(26-12)19(25)23-13-7-9-24(10-8-13)18-17-14-3-2-4-15(14)27-20(17)22-11-21-18/h5-6,11,13H,2-4,7-10H2,1H3,(H,23,25). The molecule has 1 saturated heterocycles. The molecule has 0 spiro atoms. The number of anilines is 1. The molecule has 1 fully saturated rings. The van der Waals surface area contributed by atoms with Gasteiger partial charge in [0.25, 0.3) is 5.91 Å². The second kappa shape index (κ2) is 6.87. The lowest BCUT2D eigenvalue weighted by atomic mass is 10.0. The van der Waals surface area contributed by atoms with Crippen molar-refractivity contribution < 1.29 is 4.79 Å². The fraction of sp³-hybridized carbons (Fsp3) is 0.450. The quantitative estimate of drug-likeness (QED) is 0.726. The Balaban J connectivity index is 1.30. The molecule has 27 heavy (non-hydrogen) atoms. The molecule has 0 unspecified atom stereocenters. The van der Waals surface area contributed by atoms with Crippen LogP contribution in [0.5, 0.6) is 0 Å². The van der Waals surface area contributed by atoms with Crippen molar-refractivity contribution in [2.45, 2.75) is 45.1 Å². The minimum absolute atomic E-state index is 0.0617. The van der Waals surface area contributed by atoms with Crippen molar-refractivity contribution in [3.63, 3.8) is 0 Å². The molecule has 1 N–H and O–H groups in total. The summed E-state index contributed by atoms with van der Waals surface area (Å²) in [6.45, 7) is 3.87. The molecule has 5 nitrogen and oxygen atoms in total. The van der Waals surface area contributed by atoms with Gasteiger partial charge >= 0.3 is 0 Å². The maximum atomic E-state index is 12.4. The van der Waals surface area contributed by atoms with Crippen LogP contribution < -0.4 is 10.2 Å². The molecule has 3 aromatic rings. The van der Waals surface area contributed by atoms with Gasteiger partial charge in [0.15, 0.2) is 0 Å². The number of carbonyl (C=O) groups excluding carboxylic acids is 1. The van der Waals surface area contributed by atoms with Gasteiger partial charge in [0, 0.05) is 28.9 Å². The second-order valence-electron chi connectivity index (χ2n) is 7.38. The van der Waals surface area contributed by atoms with Gasteiger partial charge in [0.2, 0.25) is 0 Å². The summed E-state index contributed by atoms with van der Waals surface area (Å²) >= 11 is 3.40. The van der Waals surface area contributed by atoms with Crippen molar-refractivity contribution >= 4 is 44.6 Å². The maximum Gasteiger partial charge on any atom is 0.261 e. The highest BCUT2D eigenvalue weighted by atomic mass is 32.1. The SMILES string of the molecule is Cc1ccc(C(=O)NC2CCN(c3ncnc4sc5c(c34)CCC5)CC2)s1. The van der Waals surface area contributed by atoms with E-state index >= 15 is 0 Å². The van der Waals surface area contributed by atoms with Crippen molar-refractivity contribution in [2.75, 3.05) is 18.0 Å². The predicted molar refractivity (Wildman–Crippen MR) is 111 cm³/mol. The molecule has 0 saturated carbocycles. The van der Waals surface area contributed by atoms with Crippen LogP contribution in [0, 0.1) is 6.92 Å². The van der Waals surface area contributed by atoms with Crippen LogP contribution in [0.1, 0.15) is 44.3 Å². The molecule has 2 aliphatic rings. The summed E-state index contributed by atoms with van der Waals surface area (Å²) < 4.78 is 0. The number of thiophene rings is 2. The lowest BCUT2D eigenvalue weighted by Crippen LogP contribution is -2.44. The van der Waals surface area contributed by atoms with Gasteiger partial charge in [-0.2, -0.15) is 0 Å². The van der Waals surface area contributed by atoms with Crippen molar-refractivity contribution in [1.29, 1.82) is 0 Å². The molecule has 140 valence electrons. The van der Waals surface area contributed by atoms with Crippen LogP contribution in [0.3, 0.4) is 0 Å². The number of rotatable bonds is 3. The normalized spacial score (nSPS) is 17.4. The average molecular weight is 399 g/mol. The van der Waals surface area contributed by atoms with Crippen molar-refractivity contribution in [2.24, 2.45) is 0 Å². The van der Waals surface area contributed by atoms with E-state index in [4.69, 9.17) is 0 Å². The molecule has 4 heterocycles. The molecular weight excluding hydrogens is 376 g/mol. The Bertz CT molecular complexity index is 1000. The fourth-order valence-electron chi connectivity index (χ4n) is 4.20. The third-order valence-electron chi connectivity index (χ3n) is 5.58. The monoisotopic (exact) mass is 398 g/mol. The number of aromatic nitrogens is 2. The van der Waals surface area contributed by atoms with Gasteiger partial charge in [-0.25, -0.2) is 9.97 Å². The molecule has 0 aromatic carbocycles. The smallest absolute Gasteiger partial charge is 0.261 e. The second-order valence-corrected chi connectivity index (χ2v) is 9.75. The van der Waals surface area contributed by atoms with E-state index in [1.807, 2.05) is 30.4 Å². The largest absolute Gasteiger partial charge is 0.356 e. The topological polar surface area (TPSA) is 58.1 Å². The van der Waals surface area contributed by atoms with Crippen LogP contribution >= 0.6 is 22.7 Å². The lowest BCUT2D eigenvalue weighted by molar-refractivity contribution is 0.0935. The highest BCUT2D eigenvalue weighted by Crippen LogP contribution is 2.40. The first-order chi connectivity index (χ1) is 13.2. The molecular formula is C20H22N4OS2. The minimum Gasteiger partial charge on any atom is -0.356 e. The first-order valence-electron chi connectivity index (χ1n) is 9.56. The van der Waals surface area contributed by atoms with Crippen LogP contribution in [0.25, 0.3) is 10.2 Å². The maximum absolute atomic E-state index is 12.4. The Kier molecular flexibility index (Phi) is 4.36. The van der Waals surface area contributed by atoms with Crippen LogP contribution in [0.2, 0.25) is 0 Å². The summed E-state index contributed by atoms with van der Waals surface area (Å²) in [4.78, 5) is 28.6. The average Bonchev–Trinajstić information content (AvgIpc) is 3.37. The minimum atomic E-state index is 0.0617. The van der Waals surface area contributed by atoms with E-state index < -0.39 is 0 Å². The molecule has 3 aromatic heterocycles. The molecule has 7 heteroatoms. The number of fused-ring (bicyclic) bond motifs is 3. The number of aryl methyl sites for hydroxylation is 3. The van der Waals surface area contributed by atoms with E-state index in [1.54, 1.807) is 17.7 Å². The van der Waals surface area contributed by atoms with Crippen LogP contribution in [0.4, 0.5) is 5.82 Å². The van der Waals surface area contributed by atoms with E-state index in [0.29, 0.717) is 0 Å². The van der Waals surface area contributed by atoms with E-state index in [1.165, 1.54) is 33.5 Å². The first kappa shape index (κ1) is 17.1. The Morgan fingerprint density at radius 2 is 2.04 bits per heavy atom. The third-order valence-corrected chi connectivity index (χ3v) is 7.77. The molecule has 1 aliphatic carbocycles. The van der Waals surface area contributed by atoms with Crippen molar-refractivity contribution in [3.05, 3.63) is 38.7 Å². The number of piperidine rings is 1. The predicted octanol–water partition coefficient (Wildman–Crippen LogP) is 3.95. The number of hydrogen-bond acceptors (Lipinski definition) is 6. The van der Waals surface area contributed by atoms with Gasteiger partial charge < -0.3 is 10.2 Å². The summed E-state index contributed by atoms with van der Waals surface area (Å²) in [5.41, 5.74) is 1.48. The zero-order valence-corrected chi connectivity index (χ0v) is 17.0. The number of nitrogens with zero attached hydrogens (tertiary/aromatic N) is 3. The number of nitrogens with one attached hydrogen (secondary N) is 1. The summed E-state index contributed by atoms with van der Waals surface area (Å²) in [6.07, 6.45) is 7.20. The summed E-state index contributed by atoms with van der Waals surface area (Å²) in [5.74, 6) is 1.16. The fourth-order valence-corrected chi connectivity index (χ4v) is 6.19. The first-order valence-corrected chi connectivity index (χ1v) is 11.2.